The van der Waals surface area contributed by atoms with Crippen molar-refractivity contribution in [3.05, 3.63) is 59.7 Å². The van der Waals surface area contributed by atoms with Crippen molar-refractivity contribution in [3.63, 3.8) is 0 Å². The number of hydrogen-bond acceptors (Lipinski definition) is 9. The normalized spacial score (nSPS) is 14.3. The van der Waals surface area contributed by atoms with Crippen LogP contribution in [0, 0.1) is 0 Å². The Hall–Kier alpha value is -3.93. The first-order chi connectivity index (χ1) is 16.4. The number of hydrogen-bond donors (Lipinski definition) is 2. The predicted molar refractivity (Wildman–Crippen MR) is 122 cm³/mol. The summed E-state index contributed by atoms with van der Waals surface area (Å²) in [6, 6.07) is 12.1. The topological polar surface area (TPSA) is 96.8 Å². The van der Waals surface area contributed by atoms with Gasteiger partial charge in [-0.05, 0) is 42.0 Å². The lowest BCUT2D eigenvalue weighted by molar-refractivity contribution is -0.137. The predicted octanol–water partition coefficient (Wildman–Crippen LogP) is 3.93. The number of ether oxygens (including phenoxy) is 2. The number of rotatable bonds is 7. The quantitative estimate of drug-likeness (QED) is 0.394. The van der Waals surface area contributed by atoms with Crippen LogP contribution in [0.25, 0.3) is 0 Å². The molecule has 1 aliphatic heterocycles. The molecule has 2 aromatic carbocycles. The maximum Gasteiger partial charge on any atom is 0.416 e. The highest BCUT2D eigenvalue weighted by Gasteiger charge is 2.30. The zero-order valence-electron chi connectivity index (χ0n) is 18.2. The number of morpholine rings is 1. The van der Waals surface area contributed by atoms with Crippen LogP contribution in [-0.2, 0) is 10.9 Å². The number of halogens is 3. The highest BCUT2D eigenvalue weighted by molar-refractivity contribution is 5.80. The molecule has 3 aromatic rings. The summed E-state index contributed by atoms with van der Waals surface area (Å²) >= 11 is 0. The minimum Gasteiger partial charge on any atom is -0.497 e. The number of alkyl halides is 3. The van der Waals surface area contributed by atoms with Crippen molar-refractivity contribution in [1.29, 1.82) is 0 Å². The van der Waals surface area contributed by atoms with Crippen LogP contribution in [0.1, 0.15) is 11.1 Å². The second kappa shape index (κ2) is 10.3. The molecule has 0 aliphatic carbocycles. The highest BCUT2D eigenvalue weighted by atomic mass is 19.4. The number of nitrogens with one attached hydrogen (secondary N) is 2. The SMILES string of the molecule is COc1ccc(Nc2nc(NN=Cc3cccc(C(F)(F)F)c3)nc(N3CCOCC3)n2)cc1. The van der Waals surface area contributed by atoms with Gasteiger partial charge in [-0.3, -0.25) is 0 Å². The van der Waals surface area contributed by atoms with Crippen molar-refractivity contribution in [1.82, 2.24) is 15.0 Å². The highest BCUT2D eigenvalue weighted by Crippen LogP contribution is 2.29. The van der Waals surface area contributed by atoms with Crippen LogP contribution in [0.15, 0.2) is 53.6 Å². The van der Waals surface area contributed by atoms with Crippen molar-refractivity contribution < 1.29 is 22.6 Å². The number of nitrogens with zero attached hydrogens (tertiary/aromatic N) is 5. The molecule has 9 nitrogen and oxygen atoms in total. The Bertz CT molecular complexity index is 1130. The van der Waals surface area contributed by atoms with Crippen molar-refractivity contribution >= 4 is 29.7 Å². The second-order valence-corrected chi connectivity index (χ2v) is 7.23. The molecule has 0 radical (unpaired) electrons. The molecule has 0 bridgehead atoms. The molecule has 0 unspecified atom stereocenters. The number of hydrazone groups is 1. The molecule has 1 aliphatic rings. The third-order valence-corrected chi connectivity index (χ3v) is 4.86. The average Bonchev–Trinajstić information content (AvgIpc) is 2.85. The van der Waals surface area contributed by atoms with Gasteiger partial charge in [0.25, 0.3) is 0 Å². The number of benzene rings is 2. The molecular formula is C22H22F3N7O2. The van der Waals surface area contributed by atoms with Gasteiger partial charge in [0, 0.05) is 18.8 Å². The molecule has 178 valence electrons. The molecule has 0 saturated carbocycles. The van der Waals surface area contributed by atoms with Crippen molar-refractivity contribution in [2.75, 3.05) is 49.1 Å². The van der Waals surface area contributed by atoms with E-state index in [-0.39, 0.29) is 17.5 Å². The summed E-state index contributed by atoms with van der Waals surface area (Å²) in [6.45, 7) is 2.31. The largest absolute Gasteiger partial charge is 0.497 e. The van der Waals surface area contributed by atoms with E-state index < -0.39 is 11.7 Å². The van der Waals surface area contributed by atoms with Crippen LogP contribution < -0.4 is 20.4 Å². The van der Waals surface area contributed by atoms with Gasteiger partial charge < -0.3 is 19.7 Å². The third kappa shape index (κ3) is 6.10. The lowest BCUT2D eigenvalue weighted by Crippen LogP contribution is -2.37. The zero-order valence-corrected chi connectivity index (χ0v) is 18.2. The molecule has 1 aromatic heterocycles. The Morgan fingerprint density at radius 2 is 1.76 bits per heavy atom. The van der Waals surface area contributed by atoms with Gasteiger partial charge in [0.1, 0.15) is 5.75 Å². The van der Waals surface area contributed by atoms with E-state index >= 15 is 0 Å². The first-order valence-electron chi connectivity index (χ1n) is 10.4. The fourth-order valence-electron chi connectivity index (χ4n) is 3.14. The van der Waals surface area contributed by atoms with E-state index in [0.717, 1.165) is 17.8 Å². The van der Waals surface area contributed by atoms with Crippen molar-refractivity contribution in [2.45, 2.75) is 6.18 Å². The Kier molecular flexibility index (Phi) is 7.07. The van der Waals surface area contributed by atoms with Crippen LogP contribution in [0.3, 0.4) is 0 Å². The molecule has 12 heteroatoms. The van der Waals surface area contributed by atoms with E-state index in [1.54, 1.807) is 19.2 Å². The fourth-order valence-corrected chi connectivity index (χ4v) is 3.14. The van der Waals surface area contributed by atoms with Gasteiger partial charge in [0.2, 0.25) is 17.8 Å². The molecular weight excluding hydrogens is 451 g/mol. The van der Waals surface area contributed by atoms with Crippen LogP contribution in [0.4, 0.5) is 36.7 Å². The first-order valence-corrected chi connectivity index (χ1v) is 10.4. The minimum absolute atomic E-state index is 0.135. The fraction of sp³-hybridized carbons (Fsp3) is 0.273. The van der Waals surface area contributed by atoms with Crippen molar-refractivity contribution in [2.24, 2.45) is 5.10 Å². The van der Waals surface area contributed by atoms with Crippen LogP contribution in [0.2, 0.25) is 0 Å². The summed E-state index contributed by atoms with van der Waals surface area (Å²) in [6.07, 6.45) is -3.16. The number of anilines is 4. The molecule has 1 fully saturated rings. The maximum absolute atomic E-state index is 12.9. The minimum atomic E-state index is -4.43. The molecule has 1 saturated heterocycles. The van der Waals surface area contributed by atoms with Gasteiger partial charge in [0.15, 0.2) is 0 Å². The summed E-state index contributed by atoms with van der Waals surface area (Å²) < 4.78 is 49.3. The van der Waals surface area contributed by atoms with E-state index in [1.807, 2.05) is 17.0 Å². The Morgan fingerprint density at radius 3 is 2.47 bits per heavy atom. The molecule has 2 N–H and O–H groups in total. The maximum atomic E-state index is 12.9. The third-order valence-electron chi connectivity index (χ3n) is 4.86. The summed E-state index contributed by atoms with van der Waals surface area (Å²) in [7, 11) is 1.58. The summed E-state index contributed by atoms with van der Waals surface area (Å²) in [5, 5.41) is 7.12. The molecule has 34 heavy (non-hydrogen) atoms. The van der Waals surface area contributed by atoms with E-state index in [4.69, 9.17) is 9.47 Å². The van der Waals surface area contributed by atoms with Crippen molar-refractivity contribution in [3.8, 4) is 5.75 Å². The van der Waals surface area contributed by atoms with Gasteiger partial charge in [-0.25, -0.2) is 5.43 Å². The molecule has 0 amide bonds. The van der Waals surface area contributed by atoms with Gasteiger partial charge in [0.05, 0.1) is 32.1 Å². The Balaban J connectivity index is 1.55. The Morgan fingerprint density at radius 1 is 1.03 bits per heavy atom. The van der Waals surface area contributed by atoms with E-state index in [0.29, 0.717) is 38.0 Å². The number of methoxy groups -OCH3 is 1. The summed E-state index contributed by atoms with van der Waals surface area (Å²) in [4.78, 5) is 15.2. The standard InChI is InChI=1S/C22H22F3N7O2/c1-33-18-7-5-17(6-8-18)27-19-28-20(30-21(29-19)32-9-11-34-12-10-32)31-26-14-15-3-2-4-16(13-15)22(23,24)25/h2-8,13-14H,9-12H2,1H3,(H2,27,28,29,30,31). The van der Waals surface area contributed by atoms with E-state index in [9.17, 15) is 13.2 Å². The molecule has 0 spiro atoms. The van der Waals surface area contributed by atoms with Gasteiger partial charge >= 0.3 is 6.18 Å². The second-order valence-electron chi connectivity index (χ2n) is 7.23. The lowest BCUT2D eigenvalue weighted by Gasteiger charge is -2.27. The van der Waals surface area contributed by atoms with Gasteiger partial charge in [-0.2, -0.15) is 33.2 Å². The zero-order chi connectivity index (χ0) is 24.0. The lowest BCUT2D eigenvalue weighted by atomic mass is 10.1. The van der Waals surface area contributed by atoms with Crippen LogP contribution >= 0.6 is 0 Å². The summed E-state index contributed by atoms with van der Waals surface area (Å²) in [5.41, 5.74) is 2.94. The smallest absolute Gasteiger partial charge is 0.416 e. The Labute approximate surface area is 193 Å². The van der Waals surface area contributed by atoms with Gasteiger partial charge in [-0.15, -0.1) is 0 Å². The molecule has 4 rings (SSSR count). The van der Waals surface area contributed by atoms with Crippen LogP contribution in [0.5, 0.6) is 5.75 Å². The molecule has 0 atom stereocenters. The molecule has 2 heterocycles. The summed E-state index contributed by atoms with van der Waals surface area (Å²) in [5.74, 6) is 1.54. The van der Waals surface area contributed by atoms with Gasteiger partial charge in [-0.1, -0.05) is 12.1 Å². The first kappa shape index (κ1) is 23.2. The van der Waals surface area contributed by atoms with E-state index in [1.165, 1.54) is 18.3 Å². The van der Waals surface area contributed by atoms with E-state index in [2.05, 4.69) is 30.8 Å². The number of aromatic nitrogens is 3. The average molecular weight is 473 g/mol. The monoisotopic (exact) mass is 473 g/mol. The van der Waals surface area contributed by atoms with Crippen LogP contribution in [-0.4, -0.2) is 54.6 Å².